The fourth-order valence-corrected chi connectivity index (χ4v) is 2.14. The van der Waals surface area contributed by atoms with Gasteiger partial charge in [0.1, 0.15) is 0 Å². The Kier molecular flexibility index (Phi) is 3.69. The van der Waals surface area contributed by atoms with E-state index in [1.807, 2.05) is 31.2 Å². The highest BCUT2D eigenvalue weighted by molar-refractivity contribution is 5.97. The number of carbonyl (C=O) groups is 1. The van der Waals surface area contributed by atoms with Crippen LogP contribution in [0.15, 0.2) is 24.3 Å². The van der Waals surface area contributed by atoms with E-state index in [0.717, 1.165) is 30.5 Å². The number of hydrogen-bond acceptors (Lipinski definition) is 1. The van der Waals surface area contributed by atoms with Gasteiger partial charge in [-0.15, -0.1) is 0 Å². The molecule has 0 aromatic heterocycles. The summed E-state index contributed by atoms with van der Waals surface area (Å²) in [6.45, 7) is 3.55. The van der Waals surface area contributed by atoms with Crippen LogP contribution in [0.1, 0.15) is 44.6 Å². The lowest BCUT2D eigenvalue weighted by Crippen LogP contribution is -2.23. The zero-order chi connectivity index (χ0) is 13.2. The predicted molar refractivity (Wildman–Crippen MR) is 71.4 cm³/mol. The van der Waals surface area contributed by atoms with Crippen molar-refractivity contribution in [2.75, 3.05) is 12.0 Å². The van der Waals surface area contributed by atoms with Crippen molar-refractivity contribution in [3.05, 3.63) is 29.8 Å². The maximum atomic E-state index is 12.5. The smallest absolute Gasteiger partial charge is 0.230 e. The maximum absolute atomic E-state index is 12.5. The number of carbonyl (C=O) groups excluding carboxylic acids is 1. The van der Waals surface area contributed by atoms with Crippen LogP contribution in [0.4, 0.5) is 10.1 Å². The molecule has 0 aliphatic heterocycles. The molecule has 1 aromatic carbocycles. The Morgan fingerprint density at radius 1 is 1.39 bits per heavy atom. The molecule has 2 rings (SSSR count). The molecule has 0 saturated heterocycles. The quantitative estimate of drug-likeness (QED) is 0.842. The minimum absolute atomic E-state index is 0.0832. The van der Waals surface area contributed by atoms with Crippen LogP contribution in [0.2, 0.25) is 0 Å². The monoisotopic (exact) mass is 249 g/mol. The zero-order valence-corrected chi connectivity index (χ0v) is 11.0. The average Bonchev–Trinajstić information content (AvgIpc) is 3.19. The summed E-state index contributed by atoms with van der Waals surface area (Å²) < 4.78 is 12.5. The summed E-state index contributed by atoms with van der Waals surface area (Å²) in [5.74, 6) is 0.0384. The molecule has 1 fully saturated rings. The second kappa shape index (κ2) is 5.09. The Hall–Kier alpha value is -1.38. The van der Waals surface area contributed by atoms with E-state index in [0.29, 0.717) is 0 Å². The standard InChI is InChI=1S/C15H20FNO/c1-3-15(8-9-15)14(18)17-13-6-4-12(5-7-13)11(2)10-16/h4-7,11H,3,8-10H2,1-2H3,(H,17,18). The van der Waals surface area contributed by atoms with Gasteiger partial charge in [0.2, 0.25) is 5.91 Å². The van der Waals surface area contributed by atoms with Crippen molar-refractivity contribution >= 4 is 11.6 Å². The summed E-state index contributed by atoms with van der Waals surface area (Å²) in [5.41, 5.74) is 1.65. The van der Waals surface area contributed by atoms with Gasteiger partial charge >= 0.3 is 0 Å². The summed E-state index contributed by atoms with van der Waals surface area (Å²) in [4.78, 5) is 12.0. The van der Waals surface area contributed by atoms with Crippen LogP contribution in [-0.4, -0.2) is 12.6 Å². The number of halogens is 1. The topological polar surface area (TPSA) is 29.1 Å². The van der Waals surface area contributed by atoms with E-state index in [-0.39, 0.29) is 23.9 Å². The Balaban J connectivity index is 2.00. The molecule has 1 aromatic rings. The Morgan fingerprint density at radius 2 is 2.00 bits per heavy atom. The van der Waals surface area contributed by atoms with Crippen molar-refractivity contribution in [1.82, 2.24) is 0 Å². The van der Waals surface area contributed by atoms with Gasteiger partial charge in [-0.3, -0.25) is 9.18 Å². The van der Waals surface area contributed by atoms with Crippen LogP contribution in [0.25, 0.3) is 0 Å². The molecule has 18 heavy (non-hydrogen) atoms. The molecule has 1 aliphatic carbocycles. The molecule has 0 heterocycles. The number of rotatable bonds is 5. The lowest BCUT2D eigenvalue weighted by atomic mass is 10.0. The fraction of sp³-hybridized carbons (Fsp3) is 0.533. The van der Waals surface area contributed by atoms with Crippen LogP contribution in [0.3, 0.4) is 0 Å². The molecule has 1 N–H and O–H groups in total. The first-order valence-electron chi connectivity index (χ1n) is 6.58. The lowest BCUT2D eigenvalue weighted by Gasteiger charge is -2.14. The van der Waals surface area contributed by atoms with Crippen molar-refractivity contribution in [3.63, 3.8) is 0 Å². The normalized spacial score (nSPS) is 18.2. The van der Waals surface area contributed by atoms with E-state index in [1.54, 1.807) is 0 Å². The summed E-state index contributed by atoms with van der Waals surface area (Å²) in [5, 5.41) is 2.95. The molecular weight excluding hydrogens is 229 g/mol. The molecule has 3 heteroatoms. The van der Waals surface area contributed by atoms with Gasteiger partial charge in [-0.05, 0) is 37.0 Å². The number of anilines is 1. The molecule has 0 bridgehead atoms. The minimum atomic E-state index is -0.356. The highest BCUT2D eigenvalue weighted by atomic mass is 19.1. The number of nitrogens with one attached hydrogen (secondary N) is 1. The molecule has 0 spiro atoms. The van der Waals surface area contributed by atoms with E-state index < -0.39 is 0 Å². The molecule has 2 nitrogen and oxygen atoms in total. The van der Waals surface area contributed by atoms with Crippen LogP contribution in [0.5, 0.6) is 0 Å². The average molecular weight is 249 g/mol. The highest BCUT2D eigenvalue weighted by Gasteiger charge is 2.47. The van der Waals surface area contributed by atoms with Crippen molar-refractivity contribution in [2.24, 2.45) is 5.41 Å². The second-order valence-corrected chi connectivity index (χ2v) is 5.27. The molecule has 1 unspecified atom stereocenters. The van der Waals surface area contributed by atoms with E-state index in [9.17, 15) is 9.18 Å². The van der Waals surface area contributed by atoms with Crippen molar-refractivity contribution < 1.29 is 9.18 Å². The third-order valence-electron chi connectivity index (χ3n) is 3.98. The van der Waals surface area contributed by atoms with Gasteiger partial charge in [0.25, 0.3) is 0 Å². The summed E-state index contributed by atoms with van der Waals surface area (Å²) in [7, 11) is 0. The summed E-state index contributed by atoms with van der Waals surface area (Å²) in [6.07, 6.45) is 2.88. The second-order valence-electron chi connectivity index (χ2n) is 5.27. The number of hydrogen-bond donors (Lipinski definition) is 1. The van der Waals surface area contributed by atoms with E-state index >= 15 is 0 Å². The number of benzene rings is 1. The number of amides is 1. The molecule has 1 aliphatic rings. The first-order chi connectivity index (χ1) is 8.61. The first kappa shape index (κ1) is 13.1. The van der Waals surface area contributed by atoms with Gasteiger partial charge in [0.15, 0.2) is 0 Å². The van der Waals surface area contributed by atoms with E-state index in [4.69, 9.17) is 0 Å². The highest BCUT2D eigenvalue weighted by Crippen LogP contribution is 2.49. The van der Waals surface area contributed by atoms with Gasteiger partial charge in [-0.25, -0.2) is 0 Å². The zero-order valence-electron chi connectivity index (χ0n) is 11.0. The Morgan fingerprint density at radius 3 is 2.44 bits per heavy atom. The molecular formula is C15H20FNO. The summed E-state index contributed by atoms with van der Waals surface area (Å²) in [6, 6.07) is 7.47. The third-order valence-corrected chi connectivity index (χ3v) is 3.98. The van der Waals surface area contributed by atoms with E-state index in [1.165, 1.54) is 0 Å². The van der Waals surface area contributed by atoms with Gasteiger partial charge < -0.3 is 5.32 Å². The molecule has 98 valence electrons. The van der Waals surface area contributed by atoms with Crippen LogP contribution in [-0.2, 0) is 4.79 Å². The van der Waals surface area contributed by atoms with Crippen LogP contribution >= 0.6 is 0 Å². The van der Waals surface area contributed by atoms with Gasteiger partial charge in [0.05, 0.1) is 6.67 Å². The SMILES string of the molecule is CCC1(C(=O)Nc2ccc(C(C)CF)cc2)CC1. The minimum Gasteiger partial charge on any atom is -0.326 e. The van der Waals surface area contributed by atoms with Crippen LogP contribution < -0.4 is 5.32 Å². The maximum Gasteiger partial charge on any atom is 0.230 e. The van der Waals surface area contributed by atoms with E-state index in [2.05, 4.69) is 12.2 Å². The van der Waals surface area contributed by atoms with Gasteiger partial charge in [-0.2, -0.15) is 0 Å². The van der Waals surface area contributed by atoms with Gasteiger partial charge in [-0.1, -0.05) is 26.0 Å². The largest absolute Gasteiger partial charge is 0.326 e. The molecule has 1 atom stereocenters. The Bertz CT molecular complexity index is 423. The molecule has 1 amide bonds. The van der Waals surface area contributed by atoms with Crippen molar-refractivity contribution in [2.45, 2.75) is 39.0 Å². The Labute approximate surface area is 108 Å². The number of alkyl halides is 1. The summed E-state index contributed by atoms with van der Waals surface area (Å²) >= 11 is 0. The first-order valence-corrected chi connectivity index (χ1v) is 6.58. The molecule has 1 saturated carbocycles. The van der Waals surface area contributed by atoms with Crippen LogP contribution in [0, 0.1) is 5.41 Å². The predicted octanol–water partition coefficient (Wildman–Crippen LogP) is 3.89. The molecule has 0 radical (unpaired) electrons. The lowest BCUT2D eigenvalue weighted by molar-refractivity contribution is -0.121. The van der Waals surface area contributed by atoms with Crippen molar-refractivity contribution in [1.29, 1.82) is 0 Å². The van der Waals surface area contributed by atoms with Crippen molar-refractivity contribution in [3.8, 4) is 0 Å². The fourth-order valence-electron chi connectivity index (χ4n) is 2.14. The van der Waals surface area contributed by atoms with Gasteiger partial charge in [0, 0.05) is 17.0 Å². The third kappa shape index (κ3) is 2.55.